The SMILES string of the molecule is C=C=C(OC)C(O)CCCCCC. The second kappa shape index (κ2) is 7.90. The molecule has 0 rings (SSSR count). The topological polar surface area (TPSA) is 29.5 Å². The number of ether oxygens (including phenoxy) is 1. The van der Waals surface area contributed by atoms with Gasteiger partial charge in [-0.25, -0.2) is 0 Å². The molecule has 1 unspecified atom stereocenters. The number of hydrogen-bond acceptors (Lipinski definition) is 2. The molecule has 0 bridgehead atoms. The minimum absolute atomic E-state index is 0.455. The Morgan fingerprint density at radius 2 is 2.15 bits per heavy atom. The van der Waals surface area contributed by atoms with Crippen LogP contribution in [0.15, 0.2) is 18.1 Å². The second-order valence-corrected chi connectivity index (χ2v) is 3.11. The largest absolute Gasteiger partial charge is 0.490 e. The number of aliphatic hydroxyl groups excluding tert-OH is 1. The summed E-state index contributed by atoms with van der Waals surface area (Å²) in [5.41, 5.74) is 2.59. The van der Waals surface area contributed by atoms with Crippen LogP contribution in [0.4, 0.5) is 0 Å². The molecule has 0 radical (unpaired) electrons. The average molecular weight is 184 g/mol. The standard InChI is InChI=1S/C11H20O2/c1-4-6-7-8-9-10(12)11(5-2)13-3/h10,12H,2,4,6-9H2,1,3H3. The van der Waals surface area contributed by atoms with Crippen LogP contribution in [0.3, 0.4) is 0 Å². The molecule has 0 saturated heterocycles. The summed E-state index contributed by atoms with van der Waals surface area (Å²) in [5.74, 6) is 0.455. The van der Waals surface area contributed by atoms with Gasteiger partial charge in [-0.1, -0.05) is 44.9 Å². The lowest BCUT2D eigenvalue weighted by Gasteiger charge is -2.10. The number of aliphatic hydroxyl groups is 1. The van der Waals surface area contributed by atoms with E-state index in [9.17, 15) is 5.11 Å². The summed E-state index contributed by atoms with van der Waals surface area (Å²) in [7, 11) is 1.53. The molecule has 0 saturated carbocycles. The molecular formula is C11H20O2. The van der Waals surface area contributed by atoms with Crippen LogP contribution >= 0.6 is 0 Å². The van der Waals surface area contributed by atoms with E-state index in [0.717, 1.165) is 12.8 Å². The molecule has 0 spiro atoms. The van der Waals surface area contributed by atoms with Gasteiger partial charge >= 0.3 is 0 Å². The Balaban J connectivity index is 3.61. The molecule has 0 heterocycles. The van der Waals surface area contributed by atoms with E-state index in [1.807, 2.05) is 0 Å². The zero-order valence-corrected chi connectivity index (χ0v) is 8.68. The van der Waals surface area contributed by atoms with Crippen molar-refractivity contribution in [3.05, 3.63) is 18.1 Å². The van der Waals surface area contributed by atoms with E-state index in [1.165, 1.54) is 26.4 Å². The summed E-state index contributed by atoms with van der Waals surface area (Å²) < 4.78 is 4.91. The number of unbranched alkanes of at least 4 members (excludes halogenated alkanes) is 3. The number of methoxy groups -OCH3 is 1. The molecule has 0 aromatic carbocycles. The fourth-order valence-corrected chi connectivity index (χ4v) is 1.22. The summed E-state index contributed by atoms with van der Waals surface area (Å²) in [6.07, 6.45) is 4.85. The first-order valence-electron chi connectivity index (χ1n) is 4.88. The van der Waals surface area contributed by atoms with Crippen LogP contribution in [-0.2, 0) is 4.74 Å². The Labute approximate surface area is 80.9 Å². The quantitative estimate of drug-likeness (QED) is 0.374. The van der Waals surface area contributed by atoms with Crippen molar-refractivity contribution in [1.29, 1.82) is 0 Å². The van der Waals surface area contributed by atoms with Gasteiger partial charge in [-0.3, -0.25) is 0 Å². The third-order valence-electron chi connectivity index (χ3n) is 2.03. The lowest BCUT2D eigenvalue weighted by atomic mass is 10.1. The van der Waals surface area contributed by atoms with Gasteiger partial charge in [0, 0.05) is 0 Å². The van der Waals surface area contributed by atoms with E-state index in [4.69, 9.17) is 4.74 Å². The Kier molecular flexibility index (Phi) is 7.47. The van der Waals surface area contributed by atoms with E-state index < -0.39 is 6.10 Å². The average Bonchev–Trinajstić information content (AvgIpc) is 2.14. The molecule has 0 aromatic rings. The summed E-state index contributed by atoms with van der Waals surface area (Å²) >= 11 is 0. The first kappa shape index (κ1) is 12.3. The van der Waals surface area contributed by atoms with Crippen molar-refractivity contribution in [2.45, 2.75) is 45.1 Å². The molecule has 0 aliphatic carbocycles. The minimum Gasteiger partial charge on any atom is -0.490 e. The van der Waals surface area contributed by atoms with Gasteiger partial charge in [0.05, 0.1) is 7.11 Å². The van der Waals surface area contributed by atoms with E-state index in [1.54, 1.807) is 0 Å². The van der Waals surface area contributed by atoms with E-state index >= 15 is 0 Å². The fraction of sp³-hybridized carbons (Fsp3) is 0.727. The Morgan fingerprint density at radius 1 is 1.46 bits per heavy atom. The van der Waals surface area contributed by atoms with Crippen LogP contribution in [0.2, 0.25) is 0 Å². The van der Waals surface area contributed by atoms with Crippen LogP contribution in [-0.4, -0.2) is 18.3 Å². The summed E-state index contributed by atoms with van der Waals surface area (Å²) in [6.45, 7) is 5.62. The van der Waals surface area contributed by atoms with Gasteiger partial charge in [0.1, 0.15) is 6.10 Å². The van der Waals surface area contributed by atoms with Gasteiger partial charge in [0.25, 0.3) is 0 Å². The van der Waals surface area contributed by atoms with Gasteiger partial charge in [-0.2, -0.15) is 0 Å². The molecule has 1 N–H and O–H groups in total. The van der Waals surface area contributed by atoms with Crippen molar-refractivity contribution in [2.75, 3.05) is 7.11 Å². The summed E-state index contributed by atoms with van der Waals surface area (Å²) in [6, 6.07) is 0. The maximum absolute atomic E-state index is 9.54. The summed E-state index contributed by atoms with van der Waals surface area (Å²) in [4.78, 5) is 0. The van der Waals surface area contributed by atoms with Gasteiger partial charge in [0.15, 0.2) is 5.76 Å². The van der Waals surface area contributed by atoms with Crippen LogP contribution in [0.5, 0.6) is 0 Å². The highest BCUT2D eigenvalue weighted by Crippen LogP contribution is 2.11. The van der Waals surface area contributed by atoms with Crippen molar-refractivity contribution < 1.29 is 9.84 Å². The second-order valence-electron chi connectivity index (χ2n) is 3.11. The van der Waals surface area contributed by atoms with Crippen LogP contribution < -0.4 is 0 Å². The van der Waals surface area contributed by atoms with Crippen molar-refractivity contribution in [2.24, 2.45) is 0 Å². The van der Waals surface area contributed by atoms with Crippen molar-refractivity contribution >= 4 is 0 Å². The normalized spacial score (nSPS) is 11.9. The van der Waals surface area contributed by atoms with E-state index in [-0.39, 0.29) is 0 Å². The first-order chi connectivity index (χ1) is 6.26. The zero-order chi connectivity index (χ0) is 10.1. The van der Waals surface area contributed by atoms with Crippen molar-refractivity contribution in [3.63, 3.8) is 0 Å². The van der Waals surface area contributed by atoms with Crippen LogP contribution in [0, 0.1) is 0 Å². The number of rotatable bonds is 7. The Morgan fingerprint density at radius 3 is 2.62 bits per heavy atom. The lowest BCUT2D eigenvalue weighted by Crippen LogP contribution is -2.10. The van der Waals surface area contributed by atoms with Crippen LogP contribution in [0.25, 0.3) is 0 Å². The highest BCUT2D eigenvalue weighted by molar-refractivity contribution is 4.95. The van der Waals surface area contributed by atoms with E-state index in [0.29, 0.717) is 5.76 Å². The molecule has 76 valence electrons. The molecule has 2 heteroatoms. The van der Waals surface area contributed by atoms with Gasteiger partial charge in [0.2, 0.25) is 0 Å². The molecule has 2 nitrogen and oxygen atoms in total. The lowest BCUT2D eigenvalue weighted by molar-refractivity contribution is 0.119. The molecular weight excluding hydrogens is 164 g/mol. The first-order valence-corrected chi connectivity index (χ1v) is 4.88. The predicted octanol–water partition coefficient (Wildman–Crippen LogP) is 2.63. The third-order valence-corrected chi connectivity index (χ3v) is 2.03. The van der Waals surface area contributed by atoms with Crippen LogP contribution in [0.1, 0.15) is 39.0 Å². The highest BCUT2D eigenvalue weighted by Gasteiger charge is 2.09. The fourth-order valence-electron chi connectivity index (χ4n) is 1.22. The Bertz CT molecular complexity index is 169. The monoisotopic (exact) mass is 184 g/mol. The zero-order valence-electron chi connectivity index (χ0n) is 8.68. The minimum atomic E-state index is -0.528. The van der Waals surface area contributed by atoms with Gasteiger partial charge in [-0.15, -0.1) is 0 Å². The molecule has 0 aromatic heterocycles. The molecule has 1 atom stereocenters. The molecule has 13 heavy (non-hydrogen) atoms. The predicted molar refractivity (Wildman–Crippen MR) is 54.4 cm³/mol. The van der Waals surface area contributed by atoms with Crippen molar-refractivity contribution in [1.82, 2.24) is 0 Å². The Hall–Kier alpha value is -0.720. The van der Waals surface area contributed by atoms with E-state index in [2.05, 4.69) is 19.2 Å². The molecule has 0 fully saturated rings. The number of hydrogen-bond donors (Lipinski definition) is 1. The smallest absolute Gasteiger partial charge is 0.166 e. The maximum Gasteiger partial charge on any atom is 0.166 e. The highest BCUT2D eigenvalue weighted by atomic mass is 16.5. The van der Waals surface area contributed by atoms with Crippen molar-refractivity contribution in [3.8, 4) is 0 Å². The summed E-state index contributed by atoms with van der Waals surface area (Å²) in [5, 5.41) is 9.54. The van der Waals surface area contributed by atoms with Gasteiger partial charge in [-0.05, 0) is 6.42 Å². The molecule has 0 aliphatic heterocycles. The van der Waals surface area contributed by atoms with Gasteiger partial charge < -0.3 is 9.84 Å². The maximum atomic E-state index is 9.54. The molecule has 0 aliphatic rings. The molecule has 0 amide bonds. The third kappa shape index (κ3) is 5.51.